The van der Waals surface area contributed by atoms with Gasteiger partial charge in [-0.25, -0.2) is 0 Å². The van der Waals surface area contributed by atoms with E-state index in [0.717, 1.165) is 30.2 Å². The number of thioether (sulfide) groups is 1. The molecule has 5 heteroatoms. The molecule has 0 saturated carbocycles. The van der Waals surface area contributed by atoms with Gasteiger partial charge in [0.2, 0.25) is 0 Å². The van der Waals surface area contributed by atoms with Gasteiger partial charge >= 0.3 is 0 Å². The van der Waals surface area contributed by atoms with Crippen molar-refractivity contribution < 1.29 is 4.74 Å². The fraction of sp³-hybridized carbons (Fsp3) is 0.571. The lowest BCUT2D eigenvalue weighted by Crippen LogP contribution is -2.36. The van der Waals surface area contributed by atoms with E-state index in [2.05, 4.69) is 10.2 Å². The summed E-state index contributed by atoms with van der Waals surface area (Å²) in [5, 5.41) is 3.42. The Kier molecular flexibility index (Phi) is 5.66. The molecule has 1 aliphatic rings. The van der Waals surface area contributed by atoms with Gasteiger partial charge in [0, 0.05) is 61.2 Å². The molecule has 0 unspecified atom stereocenters. The number of nitrogens with zero attached hydrogens (tertiary/aromatic N) is 1. The van der Waals surface area contributed by atoms with Crippen LogP contribution < -0.4 is 15.8 Å². The zero-order chi connectivity index (χ0) is 13.5. The zero-order valence-electron chi connectivity index (χ0n) is 11.5. The number of hydrogen-bond donors (Lipinski definition) is 2. The second kappa shape index (κ2) is 7.50. The second-order valence-corrected chi connectivity index (χ2v) is 5.83. The second-order valence-electron chi connectivity index (χ2n) is 4.60. The third-order valence-electron chi connectivity index (χ3n) is 3.10. The predicted molar refractivity (Wildman–Crippen MR) is 84.3 cm³/mol. The van der Waals surface area contributed by atoms with Crippen molar-refractivity contribution in [3.05, 3.63) is 18.2 Å². The third-order valence-corrected chi connectivity index (χ3v) is 4.04. The number of nitrogens with one attached hydrogen (secondary N) is 1. The van der Waals surface area contributed by atoms with Gasteiger partial charge in [0.15, 0.2) is 0 Å². The van der Waals surface area contributed by atoms with E-state index in [0.29, 0.717) is 6.61 Å². The molecule has 1 heterocycles. The first kappa shape index (κ1) is 14.3. The maximum Gasteiger partial charge on any atom is 0.123 e. The Morgan fingerprint density at radius 1 is 1.32 bits per heavy atom. The molecule has 4 nitrogen and oxygen atoms in total. The smallest absolute Gasteiger partial charge is 0.123 e. The molecular formula is C14H23N3OS. The van der Waals surface area contributed by atoms with Crippen molar-refractivity contribution >= 4 is 23.1 Å². The summed E-state index contributed by atoms with van der Waals surface area (Å²) >= 11 is 2.04. The quantitative estimate of drug-likeness (QED) is 0.782. The summed E-state index contributed by atoms with van der Waals surface area (Å²) in [6, 6.07) is 5.82. The number of hydrogen-bond acceptors (Lipinski definition) is 5. The highest BCUT2D eigenvalue weighted by Crippen LogP contribution is 2.22. The summed E-state index contributed by atoms with van der Waals surface area (Å²) < 4.78 is 5.49. The van der Waals surface area contributed by atoms with Gasteiger partial charge in [-0.1, -0.05) is 0 Å². The van der Waals surface area contributed by atoms with Crippen molar-refractivity contribution in [3.8, 4) is 5.75 Å². The molecule has 0 bridgehead atoms. The van der Waals surface area contributed by atoms with E-state index in [1.807, 2.05) is 36.9 Å². The van der Waals surface area contributed by atoms with Crippen molar-refractivity contribution in [2.75, 3.05) is 55.3 Å². The maximum atomic E-state index is 5.87. The van der Waals surface area contributed by atoms with Crippen LogP contribution >= 0.6 is 11.8 Å². The van der Waals surface area contributed by atoms with Crippen LogP contribution in [0.4, 0.5) is 11.4 Å². The van der Waals surface area contributed by atoms with Crippen molar-refractivity contribution in [2.45, 2.75) is 6.92 Å². The van der Waals surface area contributed by atoms with Crippen molar-refractivity contribution in [1.29, 1.82) is 0 Å². The fourth-order valence-corrected chi connectivity index (χ4v) is 3.14. The molecule has 0 spiro atoms. The Morgan fingerprint density at radius 3 is 2.84 bits per heavy atom. The minimum absolute atomic E-state index is 0.661. The zero-order valence-corrected chi connectivity index (χ0v) is 12.3. The van der Waals surface area contributed by atoms with Gasteiger partial charge in [-0.3, -0.25) is 4.90 Å². The molecular weight excluding hydrogens is 258 g/mol. The highest BCUT2D eigenvalue weighted by atomic mass is 32.2. The van der Waals surface area contributed by atoms with Gasteiger partial charge < -0.3 is 15.8 Å². The van der Waals surface area contributed by atoms with E-state index in [1.54, 1.807) is 0 Å². The van der Waals surface area contributed by atoms with Crippen LogP contribution in [0.5, 0.6) is 5.75 Å². The number of rotatable bonds is 6. The van der Waals surface area contributed by atoms with Gasteiger partial charge in [0.25, 0.3) is 0 Å². The topological polar surface area (TPSA) is 50.5 Å². The lowest BCUT2D eigenvalue weighted by Gasteiger charge is -2.26. The number of nitrogens with two attached hydrogens (primary N) is 1. The Balaban J connectivity index is 1.81. The lowest BCUT2D eigenvalue weighted by atomic mass is 10.2. The lowest BCUT2D eigenvalue weighted by molar-refractivity contribution is 0.314. The van der Waals surface area contributed by atoms with Gasteiger partial charge in [0.1, 0.15) is 5.75 Å². The molecule has 0 atom stereocenters. The van der Waals surface area contributed by atoms with E-state index in [1.165, 1.54) is 24.6 Å². The summed E-state index contributed by atoms with van der Waals surface area (Å²) in [6.45, 7) is 7.07. The average Bonchev–Trinajstić information content (AvgIpc) is 2.40. The minimum Gasteiger partial charge on any atom is -0.494 e. The number of anilines is 2. The maximum absolute atomic E-state index is 5.87. The Morgan fingerprint density at radius 2 is 2.11 bits per heavy atom. The average molecular weight is 281 g/mol. The molecule has 3 N–H and O–H groups in total. The van der Waals surface area contributed by atoms with E-state index >= 15 is 0 Å². The Bertz CT molecular complexity index is 394. The normalized spacial score (nSPS) is 16.3. The Labute approximate surface area is 119 Å². The molecule has 1 saturated heterocycles. The van der Waals surface area contributed by atoms with Crippen LogP contribution in [0.2, 0.25) is 0 Å². The molecule has 2 rings (SSSR count). The van der Waals surface area contributed by atoms with Gasteiger partial charge in [-0.2, -0.15) is 11.8 Å². The van der Waals surface area contributed by atoms with E-state index in [9.17, 15) is 0 Å². The summed E-state index contributed by atoms with van der Waals surface area (Å²) in [5.74, 6) is 3.35. The van der Waals surface area contributed by atoms with Gasteiger partial charge in [0.05, 0.1) is 6.61 Å². The molecule has 106 valence electrons. The van der Waals surface area contributed by atoms with Gasteiger partial charge in [-0.15, -0.1) is 0 Å². The van der Waals surface area contributed by atoms with Crippen molar-refractivity contribution in [1.82, 2.24) is 4.90 Å². The predicted octanol–water partition coefficient (Wildman–Crippen LogP) is 2.13. The molecule has 19 heavy (non-hydrogen) atoms. The summed E-state index contributed by atoms with van der Waals surface area (Å²) in [4.78, 5) is 2.50. The Hall–Kier alpha value is -1.07. The molecule has 1 aromatic carbocycles. The van der Waals surface area contributed by atoms with Crippen molar-refractivity contribution in [2.24, 2.45) is 0 Å². The first-order valence-corrected chi connectivity index (χ1v) is 8.00. The van der Waals surface area contributed by atoms with Crippen LogP contribution in [0.3, 0.4) is 0 Å². The fourth-order valence-electron chi connectivity index (χ4n) is 2.16. The first-order valence-electron chi connectivity index (χ1n) is 6.85. The molecule has 0 radical (unpaired) electrons. The SMILES string of the molecule is CCOc1cc(N)cc(NCCN2CCSCC2)c1. The van der Waals surface area contributed by atoms with Crippen LogP contribution in [0.25, 0.3) is 0 Å². The van der Waals surface area contributed by atoms with E-state index in [4.69, 9.17) is 10.5 Å². The van der Waals surface area contributed by atoms with E-state index < -0.39 is 0 Å². The summed E-state index contributed by atoms with van der Waals surface area (Å²) in [6.07, 6.45) is 0. The minimum atomic E-state index is 0.661. The van der Waals surface area contributed by atoms with Crippen LogP contribution in [-0.4, -0.2) is 49.2 Å². The van der Waals surface area contributed by atoms with Crippen LogP contribution in [0.15, 0.2) is 18.2 Å². The van der Waals surface area contributed by atoms with E-state index in [-0.39, 0.29) is 0 Å². The molecule has 1 fully saturated rings. The molecule has 1 aliphatic heterocycles. The van der Waals surface area contributed by atoms with Crippen LogP contribution in [0.1, 0.15) is 6.92 Å². The van der Waals surface area contributed by atoms with Crippen molar-refractivity contribution in [3.63, 3.8) is 0 Å². The molecule has 1 aromatic rings. The largest absolute Gasteiger partial charge is 0.494 e. The highest BCUT2D eigenvalue weighted by Gasteiger charge is 2.09. The number of benzene rings is 1. The summed E-state index contributed by atoms with van der Waals surface area (Å²) in [5.41, 5.74) is 7.65. The summed E-state index contributed by atoms with van der Waals surface area (Å²) in [7, 11) is 0. The molecule has 0 aliphatic carbocycles. The number of nitrogen functional groups attached to an aromatic ring is 1. The monoisotopic (exact) mass is 281 g/mol. The van der Waals surface area contributed by atoms with Crippen LogP contribution in [-0.2, 0) is 0 Å². The third kappa shape index (κ3) is 4.84. The molecule has 0 aromatic heterocycles. The first-order chi connectivity index (χ1) is 9.28. The van der Waals surface area contributed by atoms with Crippen LogP contribution in [0, 0.1) is 0 Å². The standard InChI is InChI=1S/C14H23N3OS/c1-2-18-14-10-12(15)9-13(11-14)16-3-4-17-5-7-19-8-6-17/h9-11,16H,2-8,15H2,1H3. The number of ether oxygens (including phenoxy) is 1. The molecule has 0 amide bonds. The highest BCUT2D eigenvalue weighted by molar-refractivity contribution is 7.99. The van der Waals surface area contributed by atoms with Gasteiger partial charge in [-0.05, 0) is 13.0 Å².